The van der Waals surface area contributed by atoms with E-state index in [1.54, 1.807) is 6.20 Å². The van der Waals surface area contributed by atoms with Gasteiger partial charge in [-0.25, -0.2) is 12.7 Å². The van der Waals surface area contributed by atoms with Gasteiger partial charge < -0.3 is 0 Å². The van der Waals surface area contributed by atoms with Gasteiger partial charge in [-0.2, -0.15) is 0 Å². The van der Waals surface area contributed by atoms with Gasteiger partial charge in [0.25, 0.3) is 0 Å². The molecule has 1 aromatic rings. The van der Waals surface area contributed by atoms with Gasteiger partial charge in [0.15, 0.2) is 5.78 Å². The molecule has 0 bridgehead atoms. The molecule has 6 heteroatoms. The van der Waals surface area contributed by atoms with E-state index in [1.165, 1.54) is 10.6 Å². The molecular formula is C15H22N2O3S. The third-order valence-electron chi connectivity index (χ3n) is 3.96. The molecule has 1 aliphatic rings. The molecule has 1 unspecified atom stereocenters. The van der Waals surface area contributed by atoms with Crippen molar-refractivity contribution in [3.05, 3.63) is 29.6 Å². The smallest absolute Gasteiger partial charge is 0.211 e. The van der Waals surface area contributed by atoms with Crippen molar-refractivity contribution in [3.63, 3.8) is 0 Å². The zero-order valence-electron chi connectivity index (χ0n) is 12.6. The van der Waals surface area contributed by atoms with Crippen LogP contribution in [0.25, 0.3) is 0 Å². The average molecular weight is 310 g/mol. The summed E-state index contributed by atoms with van der Waals surface area (Å²) in [5.74, 6) is 0.112. The van der Waals surface area contributed by atoms with Crippen LogP contribution in [0.4, 0.5) is 0 Å². The number of Topliss-reactive ketones (excluding diaryl/α,β-unsaturated/α-hetero) is 1. The van der Waals surface area contributed by atoms with Gasteiger partial charge in [0.05, 0.1) is 6.26 Å². The molecule has 0 amide bonds. The van der Waals surface area contributed by atoms with E-state index in [4.69, 9.17) is 0 Å². The summed E-state index contributed by atoms with van der Waals surface area (Å²) in [5, 5.41) is 0. The van der Waals surface area contributed by atoms with Gasteiger partial charge in [-0.15, -0.1) is 0 Å². The minimum Gasteiger partial charge on any atom is -0.292 e. The molecular weight excluding hydrogens is 288 g/mol. The van der Waals surface area contributed by atoms with E-state index in [0.29, 0.717) is 25.2 Å². The Hall–Kier alpha value is -1.27. The number of hydrogen-bond donors (Lipinski definition) is 0. The van der Waals surface area contributed by atoms with Crippen LogP contribution in [-0.4, -0.2) is 42.8 Å². The molecule has 1 aliphatic heterocycles. The molecule has 1 aromatic heterocycles. The lowest BCUT2D eigenvalue weighted by Crippen LogP contribution is -2.39. The summed E-state index contributed by atoms with van der Waals surface area (Å²) in [5.41, 5.74) is 1.50. The van der Waals surface area contributed by atoms with Crippen molar-refractivity contribution in [2.24, 2.45) is 5.92 Å². The highest BCUT2D eigenvalue weighted by Gasteiger charge is 2.28. The second-order valence-corrected chi connectivity index (χ2v) is 7.60. The minimum absolute atomic E-state index is 0.0211. The fourth-order valence-electron chi connectivity index (χ4n) is 2.83. The largest absolute Gasteiger partial charge is 0.292 e. The van der Waals surface area contributed by atoms with E-state index >= 15 is 0 Å². The Morgan fingerprint density at radius 2 is 2.24 bits per heavy atom. The molecule has 2 heterocycles. The number of nitrogens with zero attached hydrogens (tertiary/aromatic N) is 2. The molecule has 0 radical (unpaired) electrons. The molecule has 21 heavy (non-hydrogen) atoms. The topological polar surface area (TPSA) is 67.3 Å². The van der Waals surface area contributed by atoms with Crippen LogP contribution < -0.4 is 0 Å². The highest BCUT2D eigenvalue weighted by atomic mass is 32.2. The first-order chi connectivity index (χ1) is 9.91. The lowest BCUT2D eigenvalue weighted by atomic mass is 9.92. The Kier molecular flexibility index (Phi) is 5.11. The van der Waals surface area contributed by atoms with E-state index in [0.717, 1.165) is 24.8 Å². The van der Waals surface area contributed by atoms with Crippen molar-refractivity contribution in [2.45, 2.75) is 32.6 Å². The van der Waals surface area contributed by atoms with Crippen molar-refractivity contribution in [3.8, 4) is 0 Å². The maximum atomic E-state index is 12.4. The summed E-state index contributed by atoms with van der Waals surface area (Å²) < 4.78 is 24.7. The summed E-state index contributed by atoms with van der Waals surface area (Å²) in [6, 6.07) is 3.76. The molecule has 1 saturated heterocycles. The molecule has 2 rings (SSSR count). The van der Waals surface area contributed by atoms with Crippen molar-refractivity contribution >= 4 is 15.8 Å². The fraction of sp³-hybridized carbons (Fsp3) is 0.600. The van der Waals surface area contributed by atoms with Crippen LogP contribution in [0.5, 0.6) is 0 Å². The maximum Gasteiger partial charge on any atom is 0.211 e. The van der Waals surface area contributed by atoms with Crippen LogP contribution in [0.3, 0.4) is 0 Å². The number of pyridine rings is 1. The zero-order chi connectivity index (χ0) is 15.5. The van der Waals surface area contributed by atoms with Crippen LogP contribution in [0.15, 0.2) is 18.3 Å². The Bertz CT molecular complexity index is 613. The predicted octanol–water partition coefficient (Wildman–Crippen LogP) is 1.89. The van der Waals surface area contributed by atoms with E-state index in [2.05, 4.69) is 4.98 Å². The summed E-state index contributed by atoms with van der Waals surface area (Å²) in [6.45, 7) is 3.01. The molecule has 5 nitrogen and oxygen atoms in total. The van der Waals surface area contributed by atoms with Crippen LogP contribution >= 0.6 is 0 Å². The number of sulfonamides is 1. The van der Waals surface area contributed by atoms with Crippen LogP contribution in [0.1, 0.15) is 42.2 Å². The quantitative estimate of drug-likeness (QED) is 0.779. The number of aryl methyl sites for hydroxylation is 1. The van der Waals surface area contributed by atoms with Gasteiger partial charge >= 0.3 is 0 Å². The lowest BCUT2D eigenvalue weighted by Gasteiger charge is -2.30. The van der Waals surface area contributed by atoms with Gasteiger partial charge in [0.2, 0.25) is 10.0 Å². The molecule has 0 saturated carbocycles. The number of aromatic nitrogens is 1. The first-order valence-corrected chi connectivity index (χ1v) is 9.19. The second kappa shape index (κ2) is 6.66. The van der Waals surface area contributed by atoms with Crippen molar-refractivity contribution < 1.29 is 13.2 Å². The Balaban J connectivity index is 2.06. The number of carbonyl (C=O) groups excluding carboxylic acids is 1. The highest BCUT2D eigenvalue weighted by Crippen LogP contribution is 2.23. The Morgan fingerprint density at radius 1 is 1.48 bits per heavy atom. The third kappa shape index (κ3) is 4.11. The van der Waals surface area contributed by atoms with E-state index in [-0.39, 0.29) is 11.7 Å². The Morgan fingerprint density at radius 3 is 2.90 bits per heavy atom. The first-order valence-electron chi connectivity index (χ1n) is 7.34. The average Bonchev–Trinajstić information content (AvgIpc) is 2.46. The predicted molar refractivity (Wildman–Crippen MR) is 81.7 cm³/mol. The molecule has 116 valence electrons. The fourth-order valence-corrected chi connectivity index (χ4v) is 3.77. The first kappa shape index (κ1) is 16.1. The second-order valence-electron chi connectivity index (χ2n) is 5.62. The number of piperidine rings is 1. The molecule has 0 N–H and O–H groups in total. The van der Waals surface area contributed by atoms with Crippen LogP contribution in [0, 0.1) is 5.92 Å². The van der Waals surface area contributed by atoms with Gasteiger partial charge in [0.1, 0.15) is 5.69 Å². The summed E-state index contributed by atoms with van der Waals surface area (Å²) >= 11 is 0. The molecule has 1 fully saturated rings. The zero-order valence-corrected chi connectivity index (χ0v) is 13.4. The van der Waals surface area contributed by atoms with Gasteiger partial charge in [0, 0.05) is 25.7 Å². The van der Waals surface area contributed by atoms with Gasteiger partial charge in [-0.1, -0.05) is 13.0 Å². The van der Waals surface area contributed by atoms with Gasteiger partial charge in [-0.05, 0) is 36.8 Å². The van der Waals surface area contributed by atoms with Gasteiger partial charge in [-0.3, -0.25) is 9.78 Å². The maximum absolute atomic E-state index is 12.4. The molecule has 0 spiro atoms. The molecule has 1 atom stereocenters. The van der Waals surface area contributed by atoms with E-state index in [9.17, 15) is 13.2 Å². The normalized spacial score (nSPS) is 20.4. The monoisotopic (exact) mass is 310 g/mol. The minimum atomic E-state index is -3.17. The van der Waals surface area contributed by atoms with Crippen LogP contribution in [0.2, 0.25) is 0 Å². The van der Waals surface area contributed by atoms with Crippen molar-refractivity contribution in [1.82, 2.24) is 9.29 Å². The summed E-state index contributed by atoms with van der Waals surface area (Å²) in [6.07, 6.45) is 5.71. The SMILES string of the molecule is CCc1cccnc1C(=O)CC1CCCN(S(C)(=O)=O)C1. The third-order valence-corrected chi connectivity index (χ3v) is 5.23. The van der Waals surface area contributed by atoms with E-state index < -0.39 is 10.0 Å². The molecule has 0 aromatic carbocycles. The number of carbonyl (C=O) groups is 1. The van der Waals surface area contributed by atoms with Crippen LogP contribution in [-0.2, 0) is 16.4 Å². The lowest BCUT2D eigenvalue weighted by molar-refractivity contribution is 0.0936. The highest BCUT2D eigenvalue weighted by molar-refractivity contribution is 7.88. The van der Waals surface area contributed by atoms with E-state index in [1.807, 2.05) is 19.1 Å². The Labute approximate surface area is 126 Å². The van der Waals surface area contributed by atoms with Crippen molar-refractivity contribution in [2.75, 3.05) is 19.3 Å². The number of rotatable bonds is 5. The number of ketones is 1. The van der Waals surface area contributed by atoms with Crippen molar-refractivity contribution in [1.29, 1.82) is 0 Å². The molecule has 0 aliphatic carbocycles. The standard InChI is InChI=1S/C15H22N2O3S/c1-3-13-7-4-8-16-15(13)14(18)10-12-6-5-9-17(11-12)21(2,19)20/h4,7-8,12H,3,5-6,9-11H2,1-2H3. The summed E-state index contributed by atoms with van der Waals surface area (Å²) in [4.78, 5) is 16.6. The summed E-state index contributed by atoms with van der Waals surface area (Å²) in [7, 11) is -3.17. The number of hydrogen-bond acceptors (Lipinski definition) is 4.